The molecule has 0 unspecified atom stereocenters. The van der Waals surface area contributed by atoms with E-state index in [4.69, 9.17) is 10.00 Å². The van der Waals surface area contributed by atoms with Crippen molar-refractivity contribution in [2.75, 3.05) is 37.7 Å². The number of nitrogens with one attached hydrogen (secondary N) is 1. The van der Waals surface area contributed by atoms with Gasteiger partial charge in [0, 0.05) is 26.2 Å². The van der Waals surface area contributed by atoms with Crippen molar-refractivity contribution in [3.8, 4) is 6.07 Å². The first kappa shape index (κ1) is 17.7. The molecule has 6 nitrogen and oxygen atoms in total. The largest absolute Gasteiger partial charge is 0.380 e. The van der Waals surface area contributed by atoms with E-state index in [0.29, 0.717) is 24.5 Å². The Labute approximate surface area is 138 Å². The molecular weight excluding hydrogens is 314 g/mol. The van der Waals surface area contributed by atoms with Crippen LogP contribution in [0.1, 0.15) is 31.7 Å². The second-order valence-electron chi connectivity index (χ2n) is 5.44. The van der Waals surface area contributed by atoms with Gasteiger partial charge in [-0.15, -0.1) is 0 Å². The first-order valence-electron chi connectivity index (χ1n) is 7.95. The second kappa shape index (κ2) is 8.29. The van der Waals surface area contributed by atoms with Crippen LogP contribution < -0.4 is 9.62 Å². The molecule has 0 spiro atoms. The first-order valence-corrected chi connectivity index (χ1v) is 9.43. The van der Waals surface area contributed by atoms with Gasteiger partial charge in [-0.3, -0.25) is 0 Å². The summed E-state index contributed by atoms with van der Waals surface area (Å²) in [5.74, 6) is 0. The summed E-state index contributed by atoms with van der Waals surface area (Å²) < 4.78 is 32.9. The minimum absolute atomic E-state index is 0.231. The van der Waals surface area contributed by atoms with Gasteiger partial charge in [0.15, 0.2) is 0 Å². The fraction of sp³-hybridized carbons (Fsp3) is 0.562. The molecule has 126 valence electrons. The molecule has 1 fully saturated rings. The maximum absolute atomic E-state index is 12.6. The molecule has 1 saturated heterocycles. The molecule has 23 heavy (non-hydrogen) atoms. The quantitative estimate of drug-likeness (QED) is 0.768. The number of nitrogens with zero attached hydrogens (tertiary/aromatic N) is 2. The van der Waals surface area contributed by atoms with Crippen LogP contribution in [-0.2, 0) is 14.8 Å². The second-order valence-corrected chi connectivity index (χ2v) is 7.17. The molecule has 1 aromatic rings. The number of hydrogen-bond acceptors (Lipinski definition) is 5. The Morgan fingerprint density at radius 1 is 1.30 bits per heavy atom. The third kappa shape index (κ3) is 4.67. The molecule has 0 bridgehead atoms. The van der Waals surface area contributed by atoms with Crippen molar-refractivity contribution < 1.29 is 13.2 Å². The van der Waals surface area contributed by atoms with Gasteiger partial charge in [0.1, 0.15) is 4.90 Å². The van der Waals surface area contributed by atoms with Gasteiger partial charge < -0.3 is 9.64 Å². The van der Waals surface area contributed by atoms with Gasteiger partial charge in [0.25, 0.3) is 0 Å². The zero-order chi connectivity index (χ0) is 16.7. The first-order chi connectivity index (χ1) is 11.1. The molecule has 0 aliphatic carbocycles. The van der Waals surface area contributed by atoms with E-state index in [0.717, 1.165) is 32.4 Å². The fourth-order valence-electron chi connectivity index (χ4n) is 2.67. The van der Waals surface area contributed by atoms with Gasteiger partial charge in [-0.05, 0) is 44.4 Å². The lowest BCUT2D eigenvalue weighted by Crippen LogP contribution is -2.33. The maximum atomic E-state index is 12.6. The molecule has 7 heteroatoms. The van der Waals surface area contributed by atoms with Crippen molar-refractivity contribution in [2.24, 2.45) is 0 Å². The highest BCUT2D eigenvalue weighted by Crippen LogP contribution is 2.28. The molecule has 0 saturated carbocycles. The molecule has 1 aliphatic rings. The molecular formula is C16H23N3O3S. The van der Waals surface area contributed by atoms with Crippen LogP contribution in [0.5, 0.6) is 0 Å². The number of piperidine rings is 1. The number of benzene rings is 1. The van der Waals surface area contributed by atoms with Crippen LogP contribution in [0.4, 0.5) is 5.69 Å². The van der Waals surface area contributed by atoms with Gasteiger partial charge in [0.2, 0.25) is 10.0 Å². The lowest BCUT2D eigenvalue weighted by Gasteiger charge is -2.30. The number of ether oxygens (including phenoxy) is 1. The Morgan fingerprint density at radius 2 is 2.04 bits per heavy atom. The van der Waals surface area contributed by atoms with E-state index in [1.807, 2.05) is 6.92 Å². The van der Waals surface area contributed by atoms with Crippen LogP contribution >= 0.6 is 0 Å². The zero-order valence-corrected chi connectivity index (χ0v) is 14.2. The van der Waals surface area contributed by atoms with Crippen molar-refractivity contribution in [3.05, 3.63) is 23.8 Å². The Bertz CT molecular complexity index is 662. The van der Waals surface area contributed by atoms with Crippen LogP contribution in [-0.4, -0.2) is 41.3 Å². The summed E-state index contributed by atoms with van der Waals surface area (Å²) >= 11 is 0. The number of hydrogen-bond donors (Lipinski definition) is 1. The number of anilines is 1. The molecule has 0 radical (unpaired) electrons. The van der Waals surface area contributed by atoms with E-state index in [-0.39, 0.29) is 11.4 Å². The molecule has 1 aromatic carbocycles. The molecule has 1 aliphatic heterocycles. The zero-order valence-electron chi connectivity index (χ0n) is 13.4. The normalized spacial score (nSPS) is 15.4. The number of sulfonamides is 1. The summed E-state index contributed by atoms with van der Waals surface area (Å²) in [6, 6.07) is 6.82. The minimum atomic E-state index is -3.63. The van der Waals surface area contributed by atoms with Crippen LogP contribution in [0.25, 0.3) is 0 Å². The third-order valence-corrected chi connectivity index (χ3v) is 5.33. The van der Waals surface area contributed by atoms with E-state index in [1.54, 1.807) is 12.1 Å². The lowest BCUT2D eigenvalue weighted by atomic mass is 10.1. The molecule has 0 amide bonds. The summed E-state index contributed by atoms with van der Waals surface area (Å²) in [6.07, 6.45) is 3.23. The minimum Gasteiger partial charge on any atom is -0.380 e. The Morgan fingerprint density at radius 3 is 2.70 bits per heavy atom. The Hall–Kier alpha value is -1.62. The summed E-state index contributed by atoms with van der Waals surface area (Å²) in [5, 5.41) is 9.10. The monoisotopic (exact) mass is 337 g/mol. The summed E-state index contributed by atoms with van der Waals surface area (Å²) in [7, 11) is -3.63. The Balaban J connectivity index is 2.27. The highest BCUT2D eigenvalue weighted by atomic mass is 32.2. The number of rotatable bonds is 7. The van der Waals surface area contributed by atoms with Crippen LogP contribution in [0.15, 0.2) is 23.1 Å². The molecule has 0 aromatic heterocycles. The predicted molar refractivity (Wildman–Crippen MR) is 88.9 cm³/mol. The third-order valence-electron chi connectivity index (χ3n) is 3.82. The number of nitriles is 1. The van der Waals surface area contributed by atoms with Crippen LogP contribution in [0.3, 0.4) is 0 Å². The molecule has 0 atom stereocenters. The van der Waals surface area contributed by atoms with E-state index < -0.39 is 10.0 Å². The highest BCUT2D eigenvalue weighted by molar-refractivity contribution is 7.89. The summed E-state index contributed by atoms with van der Waals surface area (Å²) in [4.78, 5) is 2.29. The standard InChI is InChI=1S/C16H23N3O3S/c1-2-22-11-8-18-23(20,21)16-7-6-14(13-17)12-15(16)19-9-4-3-5-10-19/h6-7,12,18H,2-5,8-11H2,1H3. The van der Waals surface area contributed by atoms with Gasteiger partial charge >= 0.3 is 0 Å². The SMILES string of the molecule is CCOCCNS(=O)(=O)c1ccc(C#N)cc1N1CCCCC1. The van der Waals surface area contributed by atoms with E-state index in [2.05, 4.69) is 15.7 Å². The average molecular weight is 337 g/mol. The van der Waals surface area contributed by atoms with Crippen molar-refractivity contribution in [3.63, 3.8) is 0 Å². The summed E-state index contributed by atoms with van der Waals surface area (Å²) in [6.45, 7) is 4.62. The van der Waals surface area contributed by atoms with Gasteiger partial charge in [-0.2, -0.15) is 5.26 Å². The van der Waals surface area contributed by atoms with Crippen molar-refractivity contribution in [2.45, 2.75) is 31.1 Å². The lowest BCUT2D eigenvalue weighted by molar-refractivity contribution is 0.153. The van der Waals surface area contributed by atoms with Crippen molar-refractivity contribution in [1.82, 2.24) is 4.72 Å². The van der Waals surface area contributed by atoms with Crippen molar-refractivity contribution >= 4 is 15.7 Å². The van der Waals surface area contributed by atoms with Crippen molar-refractivity contribution in [1.29, 1.82) is 5.26 Å². The molecule has 1 N–H and O–H groups in total. The fourth-order valence-corrected chi connectivity index (χ4v) is 3.88. The van der Waals surface area contributed by atoms with Gasteiger partial charge in [-0.1, -0.05) is 0 Å². The Kier molecular flexibility index (Phi) is 6.39. The van der Waals surface area contributed by atoms with Crippen LogP contribution in [0.2, 0.25) is 0 Å². The van der Waals surface area contributed by atoms with E-state index >= 15 is 0 Å². The summed E-state index contributed by atoms with van der Waals surface area (Å²) in [5.41, 5.74) is 1.09. The highest BCUT2D eigenvalue weighted by Gasteiger charge is 2.23. The van der Waals surface area contributed by atoms with Gasteiger partial charge in [0.05, 0.1) is 23.9 Å². The smallest absolute Gasteiger partial charge is 0.242 e. The van der Waals surface area contributed by atoms with E-state index in [9.17, 15) is 8.42 Å². The van der Waals surface area contributed by atoms with Crippen LogP contribution in [0, 0.1) is 11.3 Å². The molecule has 2 rings (SSSR count). The topological polar surface area (TPSA) is 82.4 Å². The van der Waals surface area contributed by atoms with E-state index in [1.165, 1.54) is 6.07 Å². The van der Waals surface area contributed by atoms with Gasteiger partial charge in [-0.25, -0.2) is 13.1 Å². The average Bonchev–Trinajstić information content (AvgIpc) is 2.59. The molecule has 1 heterocycles. The predicted octanol–water partition coefficient (Wildman–Crippen LogP) is 1.86. The maximum Gasteiger partial charge on any atom is 0.242 e.